The van der Waals surface area contributed by atoms with Crippen LogP contribution in [0.4, 0.5) is 4.79 Å². The molecule has 0 unspecified atom stereocenters. The quantitative estimate of drug-likeness (QED) is 0.356. The van der Waals surface area contributed by atoms with Gasteiger partial charge in [0.25, 0.3) is 0 Å². The van der Waals surface area contributed by atoms with E-state index in [1.807, 2.05) is 0 Å². The second-order valence-corrected chi connectivity index (χ2v) is 7.88. The molecule has 8 heteroatoms. The SMILES string of the molecule is [CH2-]NCC(=O)c1ccc2c(c1)[C@@H](NC(=O)OC(C)(C)C)[C@H](O)C(C)(C)O2.[Pd]. The molecule has 3 N–H and O–H groups in total. The molecule has 0 radical (unpaired) electrons. The molecular formula is C19H27N2O5Pd-. The Labute approximate surface area is 173 Å². The number of fused-ring (bicyclic) bond motifs is 1. The van der Waals surface area contributed by atoms with Crippen molar-refractivity contribution in [2.45, 2.75) is 58.0 Å². The van der Waals surface area contributed by atoms with E-state index in [2.05, 4.69) is 17.7 Å². The summed E-state index contributed by atoms with van der Waals surface area (Å²) >= 11 is 0. The van der Waals surface area contributed by atoms with Gasteiger partial charge in [0, 0.05) is 38.1 Å². The van der Waals surface area contributed by atoms with Crippen LogP contribution in [0.2, 0.25) is 0 Å². The van der Waals surface area contributed by atoms with Crippen molar-refractivity contribution in [1.29, 1.82) is 0 Å². The smallest absolute Gasteiger partial charge is 0.408 e. The molecule has 1 aliphatic rings. The fourth-order valence-electron chi connectivity index (χ4n) is 2.78. The van der Waals surface area contributed by atoms with Crippen molar-refractivity contribution in [3.63, 3.8) is 0 Å². The van der Waals surface area contributed by atoms with Gasteiger partial charge in [0.1, 0.15) is 23.1 Å². The van der Waals surface area contributed by atoms with Crippen LogP contribution in [0.1, 0.15) is 56.6 Å². The molecule has 0 spiro atoms. The van der Waals surface area contributed by atoms with Crippen LogP contribution in [-0.2, 0) is 25.2 Å². The number of aliphatic hydroxyl groups excluding tert-OH is 1. The van der Waals surface area contributed by atoms with E-state index >= 15 is 0 Å². The minimum absolute atomic E-state index is 0. The maximum atomic E-state index is 12.2. The number of carbonyl (C=O) groups is 2. The fraction of sp³-hybridized carbons (Fsp3) is 0.526. The maximum Gasteiger partial charge on any atom is 0.408 e. The molecule has 1 aromatic carbocycles. The zero-order valence-electron chi connectivity index (χ0n) is 16.2. The van der Waals surface area contributed by atoms with Gasteiger partial charge >= 0.3 is 6.09 Å². The van der Waals surface area contributed by atoms with Gasteiger partial charge < -0.3 is 25.2 Å². The second kappa shape index (κ2) is 8.70. The van der Waals surface area contributed by atoms with Gasteiger partial charge in [-0.05, 0) is 52.8 Å². The molecule has 1 heterocycles. The summed E-state index contributed by atoms with van der Waals surface area (Å²) in [5.41, 5.74) is -0.632. The van der Waals surface area contributed by atoms with E-state index in [1.165, 1.54) is 0 Å². The molecule has 154 valence electrons. The van der Waals surface area contributed by atoms with Gasteiger partial charge in [-0.25, -0.2) is 4.79 Å². The van der Waals surface area contributed by atoms with Crippen LogP contribution in [0.25, 0.3) is 0 Å². The number of ether oxygens (including phenoxy) is 2. The van der Waals surface area contributed by atoms with E-state index in [0.29, 0.717) is 16.9 Å². The Kier molecular flexibility index (Phi) is 7.60. The molecule has 2 atom stereocenters. The molecule has 0 aliphatic carbocycles. The Morgan fingerprint density at radius 1 is 1.33 bits per heavy atom. The molecule has 1 amide bonds. The molecule has 0 saturated carbocycles. The summed E-state index contributed by atoms with van der Waals surface area (Å²) in [6, 6.07) is 4.17. The van der Waals surface area contributed by atoms with Crippen molar-refractivity contribution in [3.8, 4) is 5.75 Å². The standard InChI is InChI=1S/C19H27N2O5.Pd/c1-18(2,3)26-17(24)21-15-12-9-11(13(22)10-20-6)7-8-14(12)25-19(4,5)16(15)23;/h7-9,15-16,20,23H,6,10H2,1-5H3,(H,21,24);/q-1;/t15-,16+;/m1./s1. The molecule has 1 aromatic rings. The Bertz CT molecular complexity index is 700. The largest absolute Gasteiger partial charge is 0.485 e. The van der Waals surface area contributed by atoms with E-state index in [4.69, 9.17) is 9.47 Å². The normalized spacial score (nSPS) is 20.6. The van der Waals surface area contributed by atoms with Gasteiger partial charge in [0.05, 0.1) is 6.04 Å². The van der Waals surface area contributed by atoms with Crippen LogP contribution in [0.15, 0.2) is 18.2 Å². The number of hydrogen-bond acceptors (Lipinski definition) is 6. The zero-order chi connectivity index (χ0) is 19.7. The third-order valence-corrected chi connectivity index (χ3v) is 4.03. The first-order chi connectivity index (χ1) is 11.9. The number of carbonyl (C=O) groups excluding carboxylic acids is 2. The van der Waals surface area contributed by atoms with Crippen molar-refractivity contribution in [1.82, 2.24) is 10.6 Å². The topological polar surface area (TPSA) is 96.9 Å². The molecule has 0 bridgehead atoms. The minimum Gasteiger partial charge on any atom is -0.485 e. The second-order valence-electron chi connectivity index (χ2n) is 7.88. The van der Waals surface area contributed by atoms with E-state index in [0.717, 1.165) is 0 Å². The van der Waals surface area contributed by atoms with Crippen molar-refractivity contribution >= 4 is 11.9 Å². The molecule has 27 heavy (non-hydrogen) atoms. The molecular weight excluding hydrogens is 443 g/mol. The summed E-state index contributed by atoms with van der Waals surface area (Å²) in [6.45, 7) is 8.82. The fourth-order valence-corrected chi connectivity index (χ4v) is 2.78. The summed E-state index contributed by atoms with van der Waals surface area (Å²) in [7, 11) is 3.45. The zero-order valence-corrected chi connectivity index (χ0v) is 17.8. The summed E-state index contributed by atoms with van der Waals surface area (Å²) < 4.78 is 11.2. The number of amides is 1. The Balaban J connectivity index is 0.00000364. The summed E-state index contributed by atoms with van der Waals surface area (Å²) in [4.78, 5) is 24.4. The van der Waals surface area contributed by atoms with Crippen LogP contribution in [0.3, 0.4) is 0 Å². The molecule has 2 rings (SSSR count). The number of rotatable bonds is 4. The number of hydrogen-bond donors (Lipinski definition) is 3. The Morgan fingerprint density at radius 2 is 1.96 bits per heavy atom. The third kappa shape index (κ3) is 5.76. The van der Waals surface area contributed by atoms with Crippen molar-refractivity contribution in [2.75, 3.05) is 6.54 Å². The van der Waals surface area contributed by atoms with Crippen molar-refractivity contribution < 1.29 is 44.6 Å². The van der Waals surface area contributed by atoms with Crippen LogP contribution >= 0.6 is 0 Å². The number of Topliss-reactive ketones (excluding diaryl/α,β-unsaturated/α-hetero) is 1. The van der Waals surface area contributed by atoms with Gasteiger partial charge in [-0.3, -0.25) is 11.8 Å². The maximum absolute atomic E-state index is 12.2. The number of benzene rings is 1. The molecule has 1 aliphatic heterocycles. The number of nitrogens with one attached hydrogen (secondary N) is 2. The first kappa shape index (κ1) is 23.6. The summed E-state index contributed by atoms with van der Waals surface area (Å²) in [5.74, 6) is 0.346. The molecule has 0 saturated heterocycles. The monoisotopic (exact) mass is 469 g/mol. The number of ketones is 1. The average Bonchev–Trinajstić information content (AvgIpc) is 2.49. The Hall–Kier alpha value is -1.46. The predicted octanol–water partition coefficient (Wildman–Crippen LogP) is 2.35. The summed E-state index contributed by atoms with van der Waals surface area (Å²) in [5, 5.41) is 16.0. The minimum atomic E-state index is -1.03. The average molecular weight is 470 g/mol. The van der Waals surface area contributed by atoms with Crippen molar-refractivity contribution in [3.05, 3.63) is 36.4 Å². The summed E-state index contributed by atoms with van der Waals surface area (Å²) in [6.07, 6.45) is -1.68. The van der Waals surface area contributed by atoms with E-state index in [-0.39, 0.29) is 32.8 Å². The Morgan fingerprint density at radius 3 is 2.52 bits per heavy atom. The number of alkyl carbamates (subject to hydrolysis) is 1. The first-order valence-corrected chi connectivity index (χ1v) is 8.48. The third-order valence-electron chi connectivity index (χ3n) is 4.03. The van der Waals surface area contributed by atoms with E-state index < -0.39 is 29.4 Å². The molecule has 7 nitrogen and oxygen atoms in total. The van der Waals surface area contributed by atoms with Crippen LogP contribution in [0.5, 0.6) is 5.75 Å². The molecule has 0 fully saturated rings. The van der Waals surface area contributed by atoms with Gasteiger partial charge in [-0.15, -0.1) is 0 Å². The van der Waals surface area contributed by atoms with Gasteiger partial charge in [0.2, 0.25) is 0 Å². The van der Waals surface area contributed by atoms with E-state index in [9.17, 15) is 14.7 Å². The van der Waals surface area contributed by atoms with Gasteiger partial charge in [0.15, 0.2) is 5.78 Å². The van der Waals surface area contributed by atoms with Crippen LogP contribution in [0, 0.1) is 7.05 Å². The first-order valence-electron chi connectivity index (χ1n) is 8.48. The van der Waals surface area contributed by atoms with Crippen LogP contribution in [-0.4, -0.2) is 40.8 Å². The van der Waals surface area contributed by atoms with Gasteiger partial charge in [-0.2, -0.15) is 0 Å². The molecule has 0 aromatic heterocycles. The van der Waals surface area contributed by atoms with E-state index in [1.54, 1.807) is 52.8 Å². The number of aliphatic hydroxyl groups is 1. The van der Waals surface area contributed by atoms with Gasteiger partial charge in [-0.1, -0.05) is 0 Å². The predicted molar refractivity (Wildman–Crippen MR) is 97.0 cm³/mol. The van der Waals surface area contributed by atoms with Crippen molar-refractivity contribution in [2.24, 2.45) is 0 Å². The van der Waals surface area contributed by atoms with Crippen LogP contribution < -0.4 is 15.4 Å².